The molecule has 2 rings (SSSR count). The first-order chi connectivity index (χ1) is 9.22. The first-order valence-electron chi connectivity index (χ1n) is 6.52. The number of likely N-dealkylation sites (tertiary alicyclic amines) is 1. The summed E-state index contributed by atoms with van der Waals surface area (Å²) < 4.78 is 5.13. The van der Waals surface area contributed by atoms with E-state index in [0.717, 1.165) is 32.4 Å². The number of carbonyl (C=O) groups excluding carboxylic acids is 1. The van der Waals surface area contributed by atoms with Gasteiger partial charge in [-0.3, -0.25) is 15.1 Å². The predicted octanol–water partition coefficient (Wildman–Crippen LogP) is -0.128. The molecule has 19 heavy (non-hydrogen) atoms. The van der Waals surface area contributed by atoms with E-state index in [0.29, 0.717) is 18.2 Å². The molecule has 0 aromatic carbocycles. The maximum absolute atomic E-state index is 11.3. The number of rotatable bonds is 5. The number of piperidine rings is 1. The topological polar surface area (TPSA) is 105 Å². The molecule has 1 unspecified atom stereocenters. The number of hydrogen-bond donors (Lipinski definition) is 3. The van der Waals surface area contributed by atoms with Gasteiger partial charge < -0.3 is 9.63 Å². The van der Waals surface area contributed by atoms with E-state index in [1.165, 1.54) is 0 Å². The molecule has 1 aliphatic rings. The van der Waals surface area contributed by atoms with Gasteiger partial charge in [0.25, 0.3) is 5.91 Å². The molecule has 0 spiro atoms. The molecular weight excluding hydrogens is 248 g/mol. The fourth-order valence-electron chi connectivity index (χ4n) is 2.50. The number of nitrogens with two attached hydrogens (primary N) is 1. The number of aromatic nitrogens is 1. The summed E-state index contributed by atoms with van der Waals surface area (Å²) in [6.45, 7) is 2.81. The average Bonchev–Trinajstić information content (AvgIpc) is 2.87. The molecule has 0 aliphatic carbocycles. The number of amides is 1. The van der Waals surface area contributed by atoms with Crippen LogP contribution in [0, 0.1) is 5.92 Å². The van der Waals surface area contributed by atoms with Gasteiger partial charge in [-0.05, 0) is 31.7 Å². The molecule has 7 heteroatoms. The summed E-state index contributed by atoms with van der Waals surface area (Å²) in [5.41, 5.74) is 2.21. The van der Waals surface area contributed by atoms with E-state index in [9.17, 15) is 4.79 Å². The van der Waals surface area contributed by atoms with Crippen LogP contribution in [0.5, 0.6) is 0 Å². The van der Waals surface area contributed by atoms with Gasteiger partial charge in [0, 0.05) is 19.2 Å². The lowest BCUT2D eigenvalue weighted by atomic mass is 9.95. The zero-order valence-corrected chi connectivity index (χ0v) is 10.8. The number of nitrogen functional groups attached to an aromatic ring is 1. The van der Waals surface area contributed by atoms with Crippen molar-refractivity contribution in [1.82, 2.24) is 15.5 Å². The third-order valence-corrected chi connectivity index (χ3v) is 3.44. The van der Waals surface area contributed by atoms with Gasteiger partial charge in [-0.1, -0.05) is 5.16 Å². The van der Waals surface area contributed by atoms with Gasteiger partial charge in [-0.25, -0.2) is 5.84 Å². The zero-order valence-electron chi connectivity index (χ0n) is 10.8. The highest BCUT2D eigenvalue weighted by Gasteiger charge is 2.21. The highest BCUT2D eigenvalue weighted by molar-refractivity contribution is 5.91. The van der Waals surface area contributed by atoms with Crippen LogP contribution in [0.1, 0.15) is 35.5 Å². The molecule has 4 N–H and O–H groups in total. The summed E-state index contributed by atoms with van der Waals surface area (Å²) in [6.07, 6.45) is 3.12. The molecule has 1 atom stereocenters. The van der Waals surface area contributed by atoms with Crippen LogP contribution in [0.25, 0.3) is 0 Å². The minimum Gasteiger partial charge on any atom is -0.396 e. The van der Waals surface area contributed by atoms with Gasteiger partial charge in [0.15, 0.2) is 11.5 Å². The minimum absolute atomic E-state index is 0.196. The van der Waals surface area contributed by atoms with Crippen molar-refractivity contribution in [3.8, 4) is 0 Å². The Hall–Kier alpha value is -1.44. The summed E-state index contributed by atoms with van der Waals surface area (Å²) in [5, 5.41) is 12.7. The first kappa shape index (κ1) is 14.0. The maximum Gasteiger partial charge on any atom is 0.287 e. The van der Waals surface area contributed by atoms with Crippen molar-refractivity contribution in [2.45, 2.75) is 25.8 Å². The molecule has 0 saturated carbocycles. The number of hydrogen-bond acceptors (Lipinski definition) is 6. The normalized spacial score (nSPS) is 20.4. The molecule has 1 aromatic heterocycles. The molecule has 1 fully saturated rings. The van der Waals surface area contributed by atoms with Crippen LogP contribution in [-0.2, 0) is 6.54 Å². The Bertz CT molecular complexity index is 419. The summed E-state index contributed by atoms with van der Waals surface area (Å²) in [6, 6.07) is 1.61. The van der Waals surface area contributed by atoms with E-state index in [1.54, 1.807) is 6.07 Å². The maximum atomic E-state index is 11.3. The Balaban J connectivity index is 1.89. The molecule has 7 nitrogen and oxygen atoms in total. The Labute approximate surface area is 111 Å². The summed E-state index contributed by atoms with van der Waals surface area (Å²) in [4.78, 5) is 13.5. The second-order valence-corrected chi connectivity index (χ2v) is 4.91. The highest BCUT2D eigenvalue weighted by atomic mass is 16.5. The number of nitrogens with zero attached hydrogens (tertiary/aromatic N) is 2. The van der Waals surface area contributed by atoms with Crippen molar-refractivity contribution in [3.05, 3.63) is 17.5 Å². The van der Waals surface area contributed by atoms with Gasteiger partial charge >= 0.3 is 0 Å². The smallest absolute Gasteiger partial charge is 0.287 e. The van der Waals surface area contributed by atoms with Gasteiger partial charge in [0.05, 0.1) is 6.54 Å². The van der Waals surface area contributed by atoms with Crippen molar-refractivity contribution in [2.75, 3.05) is 19.7 Å². The monoisotopic (exact) mass is 268 g/mol. The Morgan fingerprint density at radius 2 is 2.53 bits per heavy atom. The molecule has 1 saturated heterocycles. The molecule has 2 heterocycles. The lowest BCUT2D eigenvalue weighted by Gasteiger charge is -2.31. The van der Waals surface area contributed by atoms with Gasteiger partial charge in [0.2, 0.25) is 0 Å². The molecule has 1 amide bonds. The van der Waals surface area contributed by atoms with Crippen molar-refractivity contribution < 1.29 is 14.4 Å². The molecule has 1 aliphatic heterocycles. The number of carbonyl (C=O) groups is 1. The standard InChI is InChI=1S/C12H20N4O3/c13-14-12(18)11-6-10(19-15-11)8-16-4-1-2-9(7-16)3-5-17/h6,9,17H,1-5,7-8,13H2,(H,14,18). The van der Waals surface area contributed by atoms with Crippen LogP contribution < -0.4 is 11.3 Å². The van der Waals surface area contributed by atoms with Gasteiger partial charge in [0.1, 0.15) is 0 Å². The lowest BCUT2D eigenvalue weighted by molar-refractivity contribution is 0.0944. The highest BCUT2D eigenvalue weighted by Crippen LogP contribution is 2.21. The molecular formula is C12H20N4O3. The average molecular weight is 268 g/mol. The van der Waals surface area contributed by atoms with Crippen LogP contribution in [-0.4, -0.2) is 40.8 Å². The van der Waals surface area contributed by atoms with Crippen molar-refractivity contribution >= 4 is 5.91 Å². The predicted molar refractivity (Wildman–Crippen MR) is 67.9 cm³/mol. The van der Waals surface area contributed by atoms with E-state index in [2.05, 4.69) is 10.1 Å². The lowest BCUT2D eigenvalue weighted by Crippen LogP contribution is -2.35. The van der Waals surface area contributed by atoms with Crippen LogP contribution in [0.3, 0.4) is 0 Å². The Kier molecular flexibility index (Phi) is 4.89. The summed E-state index contributed by atoms with van der Waals surface area (Å²) >= 11 is 0. The fraction of sp³-hybridized carbons (Fsp3) is 0.667. The van der Waals surface area contributed by atoms with Crippen molar-refractivity contribution in [2.24, 2.45) is 11.8 Å². The Morgan fingerprint density at radius 3 is 3.26 bits per heavy atom. The quantitative estimate of drug-likeness (QED) is 0.390. The van der Waals surface area contributed by atoms with Crippen molar-refractivity contribution in [3.63, 3.8) is 0 Å². The molecule has 106 valence electrons. The molecule has 1 aromatic rings. The van der Waals surface area contributed by atoms with E-state index in [-0.39, 0.29) is 12.3 Å². The third kappa shape index (κ3) is 3.76. The van der Waals surface area contributed by atoms with Crippen LogP contribution in [0.4, 0.5) is 0 Å². The SMILES string of the molecule is NNC(=O)c1cc(CN2CCCC(CCO)C2)on1. The van der Waals surface area contributed by atoms with Crippen LogP contribution in [0.2, 0.25) is 0 Å². The van der Waals surface area contributed by atoms with Crippen LogP contribution in [0.15, 0.2) is 10.6 Å². The second kappa shape index (κ2) is 6.65. The third-order valence-electron chi connectivity index (χ3n) is 3.44. The largest absolute Gasteiger partial charge is 0.396 e. The first-order valence-corrected chi connectivity index (χ1v) is 6.52. The zero-order chi connectivity index (χ0) is 13.7. The van der Waals surface area contributed by atoms with E-state index in [4.69, 9.17) is 15.5 Å². The molecule has 0 radical (unpaired) electrons. The number of aliphatic hydroxyl groups is 1. The number of aliphatic hydroxyl groups excluding tert-OH is 1. The minimum atomic E-state index is -0.452. The Morgan fingerprint density at radius 1 is 1.68 bits per heavy atom. The summed E-state index contributed by atoms with van der Waals surface area (Å²) in [5.74, 6) is 5.77. The fourth-order valence-corrected chi connectivity index (χ4v) is 2.50. The molecule has 0 bridgehead atoms. The van der Waals surface area contributed by atoms with Gasteiger partial charge in [-0.2, -0.15) is 0 Å². The second-order valence-electron chi connectivity index (χ2n) is 4.91. The number of hydrazine groups is 1. The van der Waals surface area contributed by atoms with E-state index >= 15 is 0 Å². The van der Waals surface area contributed by atoms with E-state index < -0.39 is 5.91 Å². The van der Waals surface area contributed by atoms with Crippen LogP contribution >= 0.6 is 0 Å². The summed E-state index contributed by atoms with van der Waals surface area (Å²) in [7, 11) is 0. The van der Waals surface area contributed by atoms with E-state index in [1.807, 2.05) is 5.43 Å². The van der Waals surface area contributed by atoms with Gasteiger partial charge in [-0.15, -0.1) is 0 Å². The number of nitrogens with one attached hydrogen (secondary N) is 1. The van der Waals surface area contributed by atoms with Crippen molar-refractivity contribution in [1.29, 1.82) is 0 Å².